The highest BCUT2D eigenvalue weighted by atomic mass is 79.9. The van der Waals surface area contributed by atoms with E-state index in [-0.39, 0.29) is 11.9 Å². The SMILES string of the molecule is CCC[C@H](N)c1nc(-c2cc(F)cc(Br)c2)no1. The first kappa shape index (κ1) is 13.2. The van der Waals surface area contributed by atoms with E-state index in [2.05, 4.69) is 26.1 Å². The number of benzene rings is 1. The minimum absolute atomic E-state index is 0.270. The molecule has 1 aromatic carbocycles. The van der Waals surface area contributed by atoms with E-state index in [1.54, 1.807) is 6.07 Å². The van der Waals surface area contributed by atoms with Crippen LogP contribution in [0.4, 0.5) is 4.39 Å². The molecular weight excluding hydrogens is 301 g/mol. The minimum atomic E-state index is -0.358. The Morgan fingerprint density at radius 2 is 2.22 bits per heavy atom. The second kappa shape index (κ2) is 5.58. The van der Waals surface area contributed by atoms with Gasteiger partial charge in [0, 0.05) is 10.0 Å². The van der Waals surface area contributed by atoms with E-state index in [0.29, 0.717) is 21.8 Å². The van der Waals surface area contributed by atoms with Crippen LogP contribution in [-0.4, -0.2) is 10.1 Å². The summed E-state index contributed by atoms with van der Waals surface area (Å²) >= 11 is 3.22. The fraction of sp³-hybridized carbons (Fsp3) is 0.333. The summed E-state index contributed by atoms with van der Waals surface area (Å²) in [7, 11) is 0. The Bertz CT molecular complexity index is 524. The van der Waals surface area contributed by atoms with Crippen molar-refractivity contribution in [2.24, 2.45) is 5.73 Å². The Morgan fingerprint density at radius 1 is 1.44 bits per heavy atom. The van der Waals surface area contributed by atoms with Gasteiger partial charge < -0.3 is 10.3 Å². The van der Waals surface area contributed by atoms with Crippen LogP contribution < -0.4 is 5.73 Å². The lowest BCUT2D eigenvalue weighted by atomic mass is 10.2. The molecule has 0 aliphatic carbocycles. The van der Waals surface area contributed by atoms with Crippen molar-refractivity contribution < 1.29 is 8.91 Å². The van der Waals surface area contributed by atoms with Gasteiger partial charge in [-0.05, 0) is 24.6 Å². The summed E-state index contributed by atoms with van der Waals surface area (Å²) in [5.74, 6) is 0.368. The van der Waals surface area contributed by atoms with Gasteiger partial charge in [0.05, 0.1) is 6.04 Å². The lowest BCUT2D eigenvalue weighted by Gasteiger charge is -2.02. The number of aromatic nitrogens is 2. The zero-order chi connectivity index (χ0) is 13.1. The Morgan fingerprint density at radius 3 is 2.89 bits per heavy atom. The van der Waals surface area contributed by atoms with E-state index in [9.17, 15) is 4.39 Å². The zero-order valence-electron chi connectivity index (χ0n) is 9.86. The quantitative estimate of drug-likeness (QED) is 0.939. The first-order chi connectivity index (χ1) is 8.60. The lowest BCUT2D eigenvalue weighted by molar-refractivity contribution is 0.348. The molecule has 0 aliphatic heterocycles. The van der Waals surface area contributed by atoms with Crippen LogP contribution in [0.25, 0.3) is 11.4 Å². The van der Waals surface area contributed by atoms with Crippen molar-refractivity contribution in [3.63, 3.8) is 0 Å². The maximum Gasteiger partial charge on any atom is 0.243 e. The summed E-state index contributed by atoms with van der Waals surface area (Å²) in [6.45, 7) is 2.03. The van der Waals surface area contributed by atoms with E-state index in [1.165, 1.54) is 12.1 Å². The molecular formula is C12H13BrFN3O. The number of nitrogens with zero attached hydrogens (tertiary/aromatic N) is 2. The van der Waals surface area contributed by atoms with Gasteiger partial charge in [0.25, 0.3) is 0 Å². The normalized spacial score (nSPS) is 12.7. The summed E-state index contributed by atoms with van der Waals surface area (Å²) < 4.78 is 19.0. The molecule has 0 saturated carbocycles. The Labute approximate surface area is 113 Å². The molecule has 0 fully saturated rings. The van der Waals surface area contributed by atoms with E-state index in [0.717, 1.165) is 12.8 Å². The molecule has 0 unspecified atom stereocenters. The summed E-state index contributed by atoms with van der Waals surface area (Å²) in [6.07, 6.45) is 1.71. The first-order valence-electron chi connectivity index (χ1n) is 5.65. The lowest BCUT2D eigenvalue weighted by Crippen LogP contribution is -2.09. The van der Waals surface area contributed by atoms with Gasteiger partial charge in [0.15, 0.2) is 0 Å². The molecule has 1 aromatic heterocycles. The maximum atomic E-state index is 13.3. The van der Waals surface area contributed by atoms with E-state index < -0.39 is 0 Å². The van der Waals surface area contributed by atoms with Gasteiger partial charge in [-0.25, -0.2) is 4.39 Å². The monoisotopic (exact) mass is 313 g/mol. The molecule has 6 heteroatoms. The van der Waals surface area contributed by atoms with E-state index in [1.807, 2.05) is 6.92 Å². The standard InChI is InChI=1S/C12H13BrFN3O/c1-2-3-10(15)12-16-11(17-18-12)7-4-8(13)6-9(14)5-7/h4-6,10H,2-3,15H2,1H3/t10-/m0/s1. The molecule has 4 nitrogen and oxygen atoms in total. The van der Waals surface area contributed by atoms with E-state index in [4.69, 9.17) is 10.3 Å². The Hall–Kier alpha value is -1.27. The fourth-order valence-electron chi connectivity index (χ4n) is 1.62. The van der Waals surface area contributed by atoms with Gasteiger partial charge in [0.2, 0.25) is 11.7 Å². The number of nitrogens with two attached hydrogens (primary N) is 1. The minimum Gasteiger partial charge on any atom is -0.337 e. The molecule has 1 atom stereocenters. The summed E-state index contributed by atoms with van der Waals surface area (Å²) in [5, 5.41) is 3.82. The highest BCUT2D eigenvalue weighted by Crippen LogP contribution is 2.24. The Balaban J connectivity index is 2.29. The number of hydrogen-bond acceptors (Lipinski definition) is 4. The number of rotatable bonds is 4. The molecule has 0 saturated heterocycles. The van der Waals surface area contributed by atoms with Crippen LogP contribution in [0.15, 0.2) is 27.2 Å². The molecule has 0 aliphatic rings. The second-order valence-electron chi connectivity index (χ2n) is 4.01. The average molecular weight is 314 g/mol. The predicted octanol–water partition coefficient (Wildman–Crippen LogP) is 3.44. The van der Waals surface area contributed by atoms with Crippen molar-refractivity contribution >= 4 is 15.9 Å². The molecule has 1 heterocycles. The van der Waals surface area contributed by atoms with Crippen LogP contribution >= 0.6 is 15.9 Å². The van der Waals surface area contributed by atoms with Gasteiger partial charge >= 0.3 is 0 Å². The molecule has 0 amide bonds. The molecule has 2 N–H and O–H groups in total. The zero-order valence-corrected chi connectivity index (χ0v) is 11.4. The highest BCUT2D eigenvalue weighted by Gasteiger charge is 2.15. The van der Waals surface area contributed by atoms with Crippen LogP contribution in [0.2, 0.25) is 0 Å². The van der Waals surface area contributed by atoms with Crippen molar-refractivity contribution in [2.75, 3.05) is 0 Å². The van der Waals surface area contributed by atoms with Crippen LogP contribution in [-0.2, 0) is 0 Å². The van der Waals surface area contributed by atoms with E-state index >= 15 is 0 Å². The molecule has 0 spiro atoms. The average Bonchev–Trinajstić information content (AvgIpc) is 2.77. The van der Waals surface area contributed by atoms with Crippen LogP contribution in [0.3, 0.4) is 0 Å². The van der Waals surface area contributed by atoms with Crippen LogP contribution in [0.5, 0.6) is 0 Å². The maximum absolute atomic E-state index is 13.3. The van der Waals surface area contributed by atoms with Crippen molar-refractivity contribution in [3.05, 3.63) is 34.4 Å². The summed E-state index contributed by atoms with van der Waals surface area (Å²) in [4.78, 5) is 4.19. The third-order valence-corrected chi connectivity index (χ3v) is 2.94. The van der Waals surface area contributed by atoms with Crippen molar-refractivity contribution in [1.82, 2.24) is 10.1 Å². The molecule has 96 valence electrons. The Kier molecular flexibility index (Phi) is 4.08. The number of halogens is 2. The largest absolute Gasteiger partial charge is 0.337 e. The predicted molar refractivity (Wildman–Crippen MR) is 69.2 cm³/mol. The number of hydrogen-bond donors (Lipinski definition) is 1. The molecule has 0 bridgehead atoms. The molecule has 2 aromatic rings. The molecule has 18 heavy (non-hydrogen) atoms. The van der Waals surface area contributed by atoms with Crippen LogP contribution in [0, 0.1) is 5.82 Å². The van der Waals surface area contributed by atoms with Gasteiger partial charge in [-0.15, -0.1) is 0 Å². The third kappa shape index (κ3) is 2.94. The van der Waals surface area contributed by atoms with Crippen molar-refractivity contribution in [1.29, 1.82) is 0 Å². The van der Waals surface area contributed by atoms with Gasteiger partial charge in [0.1, 0.15) is 5.82 Å². The van der Waals surface area contributed by atoms with Gasteiger partial charge in [-0.1, -0.05) is 34.4 Å². The summed E-state index contributed by atoms with van der Waals surface area (Å²) in [5.41, 5.74) is 6.43. The van der Waals surface area contributed by atoms with Gasteiger partial charge in [-0.3, -0.25) is 0 Å². The van der Waals surface area contributed by atoms with Crippen molar-refractivity contribution in [3.8, 4) is 11.4 Å². The van der Waals surface area contributed by atoms with Crippen LogP contribution in [0.1, 0.15) is 31.7 Å². The fourth-order valence-corrected chi connectivity index (χ4v) is 2.09. The van der Waals surface area contributed by atoms with Crippen molar-refractivity contribution in [2.45, 2.75) is 25.8 Å². The van der Waals surface area contributed by atoms with Gasteiger partial charge in [-0.2, -0.15) is 4.98 Å². The first-order valence-corrected chi connectivity index (χ1v) is 6.45. The summed E-state index contributed by atoms with van der Waals surface area (Å²) in [6, 6.07) is 4.18. The smallest absolute Gasteiger partial charge is 0.243 e. The highest BCUT2D eigenvalue weighted by molar-refractivity contribution is 9.10. The second-order valence-corrected chi connectivity index (χ2v) is 4.93. The molecule has 0 radical (unpaired) electrons. The molecule has 2 rings (SSSR count). The third-order valence-electron chi connectivity index (χ3n) is 2.48. The topological polar surface area (TPSA) is 64.9 Å².